The smallest absolute Gasteiger partial charge is 0.242 e. The molecule has 0 saturated heterocycles. The van der Waals surface area contributed by atoms with Gasteiger partial charge in [0, 0.05) is 6.92 Å². The Hall–Kier alpha value is -2.40. The third kappa shape index (κ3) is 3.08. The van der Waals surface area contributed by atoms with E-state index >= 15 is 0 Å². The summed E-state index contributed by atoms with van der Waals surface area (Å²) in [6, 6.07) is 3.32. The summed E-state index contributed by atoms with van der Waals surface area (Å²) in [6.45, 7) is 5.31. The van der Waals surface area contributed by atoms with Crippen LogP contribution in [0, 0.1) is 5.82 Å². The third-order valence-corrected chi connectivity index (χ3v) is 8.76. The monoisotopic (exact) mass is 428 g/mol. The van der Waals surface area contributed by atoms with Gasteiger partial charge in [-0.15, -0.1) is 5.10 Å². The van der Waals surface area contributed by atoms with Crippen molar-refractivity contribution in [1.82, 2.24) is 5.01 Å². The molecule has 1 amide bonds. The normalized spacial score (nSPS) is 20.5. The van der Waals surface area contributed by atoms with Crippen molar-refractivity contribution in [3.8, 4) is 0 Å². The lowest BCUT2D eigenvalue weighted by Gasteiger charge is -2.19. The summed E-state index contributed by atoms with van der Waals surface area (Å²) in [5.74, 6) is -1.39. The molecule has 150 valence electrons. The molecule has 0 spiro atoms. The van der Waals surface area contributed by atoms with Crippen LogP contribution in [0.2, 0.25) is 0 Å². The van der Waals surface area contributed by atoms with Crippen molar-refractivity contribution in [3.05, 3.63) is 46.1 Å². The zero-order valence-corrected chi connectivity index (χ0v) is 17.1. The van der Waals surface area contributed by atoms with Crippen molar-refractivity contribution < 1.29 is 26.2 Å². The van der Waals surface area contributed by atoms with Crippen LogP contribution in [0.4, 0.5) is 4.39 Å². The van der Waals surface area contributed by atoms with E-state index in [1.54, 1.807) is 0 Å². The van der Waals surface area contributed by atoms with Crippen molar-refractivity contribution in [1.29, 1.82) is 0 Å². The highest BCUT2D eigenvalue weighted by Gasteiger charge is 2.48. The van der Waals surface area contributed by atoms with Gasteiger partial charge >= 0.3 is 0 Å². The lowest BCUT2D eigenvalue weighted by atomic mass is 10.1. The van der Waals surface area contributed by atoms with Gasteiger partial charge in [0.25, 0.3) is 0 Å². The first-order chi connectivity index (χ1) is 12.9. The Labute approximate surface area is 162 Å². The number of hydrogen-bond acceptors (Lipinski definition) is 7. The van der Waals surface area contributed by atoms with Crippen LogP contribution >= 0.6 is 0 Å². The molecule has 1 aliphatic heterocycles. The summed E-state index contributed by atoms with van der Waals surface area (Å²) in [7, 11) is -6.49. The number of nitrogens with zero attached hydrogens (tertiary/aromatic N) is 2. The van der Waals surface area contributed by atoms with Gasteiger partial charge in [0.05, 0.1) is 15.7 Å². The quantitative estimate of drug-likeness (QED) is 0.687. The van der Waals surface area contributed by atoms with E-state index < -0.39 is 52.3 Å². The number of carbonyl (C=O) groups is 1. The van der Waals surface area contributed by atoms with Crippen LogP contribution < -0.4 is 5.43 Å². The lowest BCUT2D eigenvalue weighted by molar-refractivity contribution is -0.129. The van der Waals surface area contributed by atoms with Gasteiger partial charge in [0.15, 0.2) is 10.8 Å². The van der Waals surface area contributed by atoms with Crippen LogP contribution in [0.15, 0.2) is 38.8 Å². The predicted molar refractivity (Wildman–Crippen MR) is 102 cm³/mol. The largest absolute Gasteiger partial charge is 0.464 e. The van der Waals surface area contributed by atoms with E-state index in [9.17, 15) is 26.6 Å². The molecule has 2 heterocycles. The molecule has 3 rings (SSSR count). The van der Waals surface area contributed by atoms with Crippen LogP contribution in [-0.4, -0.2) is 32.7 Å². The summed E-state index contributed by atoms with van der Waals surface area (Å²) in [5.41, 5.74) is -0.888. The highest BCUT2D eigenvalue weighted by atomic mass is 32.3. The fourth-order valence-electron chi connectivity index (χ4n) is 2.56. The molecule has 1 aliphatic rings. The van der Waals surface area contributed by atoms with Gasteiger partial charge in [-0.25, -0.2) is 22.0 Å². The first kappa shape index (κ1) is 20.3. The molecule has 0 radical (unpaired) electrons. The Balaban J connectivity index is 2.22. The maximum Gasteiger partial charge on any atom is 0.242 e. The molecular formula is C17H17FN2O6S2. The van der Waals surface area contributed by atoms with Crippen molar-refractivity contribution in [2.45, 2.75) is 37.8 Å². The maximum atomic E-state index is 13.5. The van der Waals surface area contributed by atoms with E-state index in [4.69, 9.17) is 4.42 Å². The van der Waals surface area contributed by atoms with Crippen LogP contribution in [0.25, 0.3) is 11.0 Å². The van der Waals surface area contributed by atoms with E-state index in [1.807, 2.05) is 0 Å². The number of fused-ring (bicyclic) bond motifs is 1. The van der Waals surface area contributed by atoms with E-state index in [-0.39, 0.29) is 16.5 Å². The van der Waals surface area contributed by atoms with Crippen LogP contribution in [-0.2, 0) is 25.4 Å². The number of hydrazone groups is 1. The predicted octanol–water partition coefficient (Wildman–Crippen LogP) is 2.03. The minimum absolute atomic E-state index is 0.0942. The van der Waals surface area contributed by atoms with Crippen molar-refractivity contribution >= 4 is 41.9 Å². The van der Waals surface area contributed by atoms with E-state index in [2.05, 4.69) is 5.10 Å². The van der Waals surface area contributed by atoms with Crippen molar-refractivity contribution in [3.63, 3.8) is 0 Å². The SMILES string of the molecule is CC(=O)N1N=C(S(=O)(=O)C(C)(C)C)S(=O)C1c1coc2ccc(F)cc2c1=O. The average Bonchev–Trinajstić information content (AvgIpc) is 2.93. The fourth-order valence-corrected chi connectivity index (χ4v) is 6.30. The van der Waals surface area contributed by atoms with E-state index in [0.29, 0.717) is 5.01 Å². The van der Waals surface area contributed by atoms with Crippen LogP contribution in [0.1, 0.15) is 38.6 Å². The molecule has 2 atom stereocenters. The molecule has 28 heavy (non-hydrogen) atoms. The second-order valence-corrected chi connectivity index (χ2v) is 11.5. The van der Waals surface area contributed by atoms with Gasteiger partial charge in [-0.3, -0.25) is 9.59 Å². The highest BCUT2D eigenvalue weighted by molar-refractivity contribution is 8.29. The number of rotatable bonds is 1. The molecule has 0 saturated carbocycles. The second kappa shape index (κ2) is 6.59. The average molecular weight is 428 g/mol. The Morgan fingerprint density at radius 2 is 1.96 bits per heavy atom. The Morgan fingerprint density at radius 1 is 1.32 bits per heavy atom. The Morgan fingerprint density at radius 3 is 2.54 bits per heavy atom. The number of benzene rings is 1. The summed E-state index contributed by atoms with van der Waals surface area (Å²) >= 11 is 0. The first-order valence-electron chi connectivity index (χ1n) is 8.11. The molecule has 1 aromatic heterocycles. The molecule has 0 fully saturated rings. The van der Waals surface area contributed by atoms with Gasteiger partial charge in [0.2, 0.25) is 20.1 Å². The third-order valence-electron chi connectivity index (χ3n) is 4.17. The molecule has 2 unspecified atom stereocenters. The van der Waals surface area contributed by atoms with Crippen molar-refractivity contribution in [2.24, 2.45) is 5.10 Å². The standard InChI is InChI=1S/C17H17FN2O6S2/c1-9(21)20-15(27(23)16(19-20)28(24,25)17(2,3)4)12-8-26-13-6-5-10(18)7-11(13)14(12)22/h5-8,15H,1-4H3. The van der Waals surface area contributed by atoms with E-state index in [1.165, 1.54) is 26.8 Å². The molecule has 2 aromatic rings. The molecule has 1 aromatic carbocycles. The van der Waals surface area contributed by atoms with Gasteiger partial charge in [-0.2, -0.15) is 0 Å². The van der Waals surface area contributed by atoms with Gasteiger partial charge < -0.3 is 4.42 Å². The molecule has 0 bridgehead atoms. The van der Waals surface area contributed by atoms with Gasteiger partial charge in [-0.05, 0) is 39.0 Å². The number of sulfone groups is 1. The highest BCUT2D eigenvalue weighted by Crippen LogP contribution is 2.35. The summed E-state index contributed by atoms with van der Waals surface area (Å²) in [4.78, 5) is 24.9. The fraction of sp³-hybridized carbons (Fsp3) is 0.353. The zero-order chi connectivity index (χ0) is 21.0. The lowest BCUT2D eigenvalue weighted by Crippen LogP contribution is -2.36. The second-order valence-electron chi connectivity index (χ2n) is 7.16. The number of amides is 1. The van der Waals surface area contributed by atoms with Crippen LogP contribution in [0.3, 0.4) is 0 Å². The Bertz CT molecular complexity index is 1210. The maximum absolute atomic E-state index is 13.5. The molecular weight excluding hydrogens is 411 g/mol. The van der Waals surface area contributed by atoms with Crippen LogP contribution in [0.5, 0.6) is 0 Å². The summed E-state index contributed by atoms with van der Waals surface area (Å²) < 4.78 is 55.3. The van der Waals surface area contributed by atoms with E-state index in [0.717, 1.165) is 25.3 Å². The minimum Gasteiger partial charge on any atom is -0.464 e. The van der Waals surface area contributed by atoms with Crippen molar-refractivity contribution in [2.75, 3.05) is 0 Å². The topological polar surface area (TPSA) is 114 Å². The summed E-state index contributed by atoms with van der Waals surface area (Å²) in [6.07, 6.45) is 0.989. The Kier molecular flexibility index (Phi) is 4.79. The number of halogens is 1. The summed E-state index contributed by atoms with van der Waals surface area (Å²) in [5, 5.41) is 2.84. The number of carbonyl (C=O) groups excluding carboxylic acids is 1. The minimum atomic E-state index is -4.13. The molecule has 11 heteroatoms. The van der Waals surface area contributed by atoms with Gasteiger partial charge in [0.1, 0.15) is 28.5 Å². The number of hydrogen-bond donors (Lipinski definition) is 0. The zero-order valence-electron chi connectivity index (χ0n) is 15.4. The molecule has 0 N–H and O–H groups in total. The van der Waals surface area contributed by atoms with Gasteiger partial charge in [-0.1, -0.05) is 0 Å². The molecule has 8 nitrogen and oxygen atoms in total. The molecule has 0 aliphatic carbocycles. The first-order valence-corrected chi connectivity index (χ1v) is 10.8.